The first-order valence-corrected chi connectivity index (χ1v) is 12.3. The summed E-state index contributed by atoms with van der Waals surface area (Å²) in [6, 6.07) is 13.7. The summed E-state index contributed by atoms with van der Waals surface area (Å²) in [7, 11) is 1.71. The number of carbonyl (C=O) groups excluding carboxylic acids is 3. The molecular weight excluding hydrogens is 489 g/mol. The van der Waals surface area contributed by atoms with Gasteiger partial charge in [-0.1, -0.05) is 73.4 Å². The van der Waals surface area contributed by atoms with Gasteiger partial charge in [0.1, 0.15) is 12.2 Å². The lowest BCUT2D eigenvalue weighted by molar-refractivity contribution is -0.190. The van der Waals surface area contributed by atoms with Crippen LogP contribution in [-0.2, 0) is 22.7 Å². The third-order valence-corrected chi connectivity index (χ3v) is 6.96. The normalized spacial score (nSPS) is 20.9. The molecule has 0 unspecified atom stereocenters. The van der Waals surface area contributed by atoms with Crippen LogP contribution in [0.3, 0.4) is 0 Å². The minimum Gasteiger partial charge on any atom is -0.333 e. The fourth-order valence-corrected chi connectivity index (χ4v) is 5.18. The summed E-state index contributed by atoms with van der Waals surface area (Å²) in [5.41, 5.74) is 1.71. The van der Waals surface area contributed by atoms with E-state index in [-0.39, 0.29) is 43.4 Å². The van der Waals surface area contributed by atoms with Crippen LogP contribution in [0.5, 0.6) is 0 Å². The fourth-order valence-electron chi connectivity index (χ4n) is 4.71. The Morgan fingerprint density at radius 2 is 1.83 bits per heavy atom. The lowest BCUT2D eigenvalue weighted by atomic mass is 9.96. The van der Waals surface area contributed by atoms with Gasteiger partial charge >= 0.3 is 6.03 Å². The lowest BCUT2D eigenvalue weighted by Crippen LogP contribution is -2.76. The highest BCUT2D eigenvalue weighted by atomic mass is 35.5. The molecule has 0 radical (unpaired) electrons. The molecule has 2 aliphatic rings. The Labute approximate surface area is 215 Å². The number of likely N-dealkylation sites (N-methyl/N-ethyl adjacent to an activating group) is 1. The molecule has 0 aliphatic carbocycles. The van der Waals surface area contributed by atoms with Gasteiger partial charge in [0.25, 0.3) is 0 Å². The van der Waals surface area contributed by atoms with Gasteiger partial charge in [-0.25, -0.2) is 14.8 Å². The molecule has 2 atom stereocenters. The Morgan fingerprint density at radius 3 is 2.49 bits per heavy atom. The van der Waals surface area contributed by atoms with E-state index in [0.29, 0.717) is 16.6 Å². The number of halogens is 2. The van der Waals surface area contributed by atoms with Crippen molar-refractivity contribution in [3.63, 3.8) is 0 Å². The number of carbonyl (C=O) groups is 3. The fraction of sp³-hybridized carbons (Fsp3) is 0.400. The Hall–Kier alpha value is -2.81. The summed E-state index contributed by atoms with van der Waals surface area (Å²) in [5, 5.41) is 7.08. The Balaban J connectivity index is 1.62. The first kappa shape index (κ1) is 25.3. The van der Waals surface area contributed by atoms with E-state index in [9.17, 15) is 14.4 Å². The predicted octanol–water partition coefficient (Wildman–Crippen LogP) is 3.59. The van der Waals surface area contributed by atoms with Crippen molar-refractivity contribution in [1.29, 1.82) is 0 Å². The number of hydrogen-bond acceptors (Lipinski definition) is 4. The lowest BCUT2D eigenvalue weighted by Gasteiger charge is -2.55. The molecule has 2 fully saturated rings. The average molecular weight is 518 g/mol. The molecule has 0 aromatic heterocycles. The Kier molecular flexibility index (Phi) is 7.54. The highest BCUT2D eigenvalue weighted by molar-refractivity contribution is 6.35. The third kappa shape index (κ3) is 5.24. The third-order valence-electron chi connectivity index (χ3n) is 6.37. The number of nitrogens with zero attached hydrogens (tertiary/aromatic N) is 4. The second-order valence-corrected chi connectivity index (χ2v) is 10.1. The summed E-state index contributed by atoms with van der Waals surface area (Å²) < 4.78 is 0. The second-order valence-electron chi connectivity index (χ2n) is 9.23. The maximum absolute atomic E-state index is 13.5. The molecule has 2 heterocycles. The molecule has 8 nitrogen and oxygen atoms in total. The maximum atomic E-state index is 13.5. The summed E-state index contributed by atoms with van der Waals surface area (Å²) in [4.78, 5) is 43.3. The number of hydrazine groups is 1. The standard InChI is InChI=1S/C25H29Cl2N5O3/c1-16(2)23-24(34)30(13-18-9-10-19(26)11-20(18)27)14-21-31(23)22(33)15-29(3)32(21)25(35)28-12-17-7-5-4-6-8-17/h4-11,16,21,23H,12-15H2,1-3H3,(H,28,35)/t21-,23-/m0/s1. The van der Waals surface area contributed by atoms with Crippen LogP contribution < -0.4 is 5.32 Å². The zero-order valence-corrected chi connectivity index (χ0v) is 21.5. The number of piperazine rings is 1. The number of fused-ring (bicyclic) bond motifs is 1. The van der Waals surface area contributed by atoms with Crippen LogP contribution in [0.4, 0.5) is 4.79 Å². The first-order chi connectivity index (χ1) is 16.7. The molecule has 2 aliphatic heterocycles. The Morgan fingerprint density at radius 1 is 1.11 bits per heavy atom. The van der Waals surface area contributed by atoms with Gasteiger partial charge < -0.3 is 15.1 Å². The van der Waals surface area contributed by atoms with E-state index >= 15 is 0 Å². The van der Waals surface area contributed by atoms with Gasteiger partial charge in [0, 0.05) is 30.2 Å². The van der Waals surface area contributed by atoms with Gasteiger partial charge in [-0.2, -0.15) is 0 Å². The smallest absolute Gasteiger partial charge is 0.333 e. The summed E-state index contributed by atoms with van der Waals surface area (Å²) in [6.07, 6.45) is -0.645. The molecule has 2 saturated heterocycles. The minimum atomic E-state index is -0.689. The van der Waals surface area contributed by atoms with Crippen molar-refractivity contribution < 1.29 is 14.4 Å². The van der Waals surface area contributed by atoms with Crippen molar-refractivity contribution in [2.24, 2.45) is 5.92 Å². The van der Waals surface area contributed by atoms with Gasteiger partial charge in [-0.15, -0.1) is 0 Å². The highest BCUT2D eigenvalue weighted by Crippen LogP contribution is 2.31. The summed E-state index contributed by atoms with van der Waals surface area (Å²) >= 11 is 12.4. The van der Waals surface area contributed by atoms with Crippen LogP contribution in [0.15, 0.2) is 48.5 Å². The molecule has 1 N–H and O–H groups in total. The summed E-state index contributed by atoms with van der Waals surface area (Å²) in [6.45, 7) is 4.58. The molecule has 4 amide bonds. The molecule has 35 heavy (non-hydrogen) atoms. The number of rotatable bonds is 5. The molecule has 4 rings (SSSR count). The summed E-state index contributed by atoms with van der Waals surface area (Å²) in [5.74, 6) is -0.485. The first-order valence-electron chi connectivity index (χ1n) is 11.5. The largest absolute Gasteiger partial charge is 0.334 e. The molecule has 0 saturated carbocycles. The number of hydrogen-bond donors (Lipinski definition) is 1. The molecule has 2 aromatic carbocycles. The second kappa shape index (κ2) is 10.4. The van der Waals surface area contributed by atoms with Gasteiger partial charge in [0.2, 0.25) is 11.8 Å². The zero-order valence-electron chi connectivity index (χ0n) is 19.9. The SMILES string of the molecule is CC(C)[C@H]1C(=O)N(Cc2ccc(Cl)cc2Cl)C[C@H]2N1C(=O)CN(C)N2C(=O)NCc1ccccc1. The highest BCUT2D eigenvalue weighted by Gasteiger charge is 2.51. The van der Waals surface area contributed by atoms with Crippen LogP contribution in [0, 0.1) is 5.92 Å². The van der Waals surface area contributed by atoms with Crippen molar-refractivity contribution in [3.05, 3.63) is 69.7 Å². The average Bonchev–Trinajstić information content (AvgIpc) is 2.80. The topological polar surface area (TPSA) is 76.2 Å². The van der Waals surface area contributed by atoms with Gasteiger partial charge in [0.15, 0.2) is 0 Å². The van der Waals surface area contributed by atoms with Crippen molar-refractivity contribution in [2.75, 3.05) is 20.1 Å². The molecule has 0 bridgehead atoms. The van der Waals surface area contributed by atoms with E-state index < -0.39 is 12.2 Å². The minimum absolute atomic E-state index is 0.00870. The van der Waals surface area contributed by atoms with Crippen LogP contribution in [0.25, 0.3) is 0 Å². The van der Waals surface area contributed by atoms with Crippen LogP contribution in [0.1, 0.15) is 25.0 Å². The van der Waals surface area contributed by atoms with Crippen molar-refractivity contribution >= 4 is 41.0 Å². The van der Waals surface area contributed by atoms with Crippen LogP contribution >= 0.6 is 23.2 Å². The van der Waals surface area contributed by atoms with Crippen LogP contribution in [0.2, 0.25) is 10.0 Å². The van der Waals surface area contributed by atoms with E-state index in [0.717, 1.165) is 11.1 Å². The van der Waals surface area contributed by atoms with E-state index in [1.165, 1.54) is 0 Å². The van der Waals surface area contributed by atoms with E-state index in [1.807, 2.05) is 44.2 Å². The maximum Gasteiger partial charge on any atom is 0.334 e. The van der Waals surface area contributed by atoms with Gasteiger partial charge in [0.05, 0.1) is 13.1 Å². The van der Waals surface area contributed by atoms with E-state index in [2.05, 4.69) is 5.32 Å². The number of benzene rings is 2. The monoisotopic (exact) mass is 517 g/mol. The number of nitrogens with one attached hydrogen (secondary N) is 1. The zero-order chi connectivity index (χ0) is 25.3. The van der Waals surface area contributed by atoms with Crippen molar-refractivity contribution in [1.82, 2.24) is 25.1 Å². The van der Waals surface area contributed by atoms with Crippen LogP contribution in [-0.4, -0.2) is 70.0 Å². The number of amides is 4. The molecule has 0 spiro atoms. The molecule has 186 valence electrons. The Bertz CT molecular complexity index is 1110. The van der Waals surface area contributed by atoms with Crippen molar-refractivity contribution in [3.8, 4) is 0 Å². The van der Waals surface area contributed by atoms with Gasteiger partial charge in [-0.3, -0.25) is 9.59 Å². The van der Waals surface area contributed by atoms with E-state index in [1.54, 1.807) is 45.1 Å². The molecule has 2 aromatic rings. The molecular formula is C25H29Cl2N5O3. The molecule has 10 heteroatoms. The predicted molar refractivity (Wildman–Crippen MR) is 134 cm³/mol. The van der Waals surface area contributed by atoms with Gasteiger partial charge in [-0.05, 0) is 29.2 Å². The van der Waals surface area contributed by atoms with E-state index in [4.69, 9.17) is 23.2 Å². The van der Waals surface area contributed by atoms with Crippen molar-refractivity contribution in [2.45, 2.75) is 39.1 Å². The number of urea groups is 1. The quantitative estimate of drug-likeness (QED) is 0.657.